The number of hydrogen-bond acceptors (Lipinski definition) is 6. The predicted molar refractivity (Wildman–Crippen MR) is 130 cm³/mol. The monoisotopic (exact) mass is 490 g/mol. The van der Waals surface area contributed by atoms with Crippen LogP contribution in [-0.2, 0) is 19.0 Å². The number of hydrogen-bond donors (Lipinski definition) is 2. The molecule has 198 valence electrons. The molecule has 1 spiro atoms. The van der Waals surface area contributed by atoms with Gasteiger partial charge in [-0.15, -0.1) is 0 Å². The Balaban J connectivity index is 1.26. The summed E-state index contributed by atoms with van der Waals surface area (Å²) >= 11 is 0. The van der Waals surface area contributed by atoms with Gasteiger partial charge in [0.15, 0.2) is 5.79 Å². The summed E-state index contributed by atoms with van der Waals surface area (Å²) in [6.45, 7) is 11.6. The van der Waals surface area contributed by atoms with Gasteiger partial charge in [0.2, 0.25) is 0 Å². The average Bonchev–Trinajstić information content (AvgIpc) is 3.23. The van der Waals surface area contributed by atoms with Crippen molar-refractivity contribution in [2.24, 2.45) is 46.3 Å². The Morgan fingerprint density at radius 3 is 2.49 bits per heavy atom. The third kappa shape index (κ3) is 3.25. The van der Waals surface area contributed by atoms with Gasteiger partial charge in [-0.3, -0.25) is 4.79 Å². The topological polar surface area (TPSA) is 85.2 Å². The molecule has 2 saturated heterocycles. The number of rotatable bonds is 1. The second kappa shape index (κ2) is 7.91. The summed E-state index contributed by atoms with van der Waals surface area (Å²) in [4.78, 5) is 11.6. The maximum atomic E-state index is 12.0. The number of carbonyl (C=O) groups is 1. The summed E-state index contributed by atoms with van der Waals surface area (Å²) < 4.78 is 18.8. The van der Waals surface area contributed by atoms with E-state index in [4.69, 9.17) is 14.2 Å². The predicted octanol–water partition coefficient (Wildman–Crippen LogP) is 4.45. The van der Waals surface area contributed by atoms with Crippen molar-refractivity contribution in [2.45, 2.75) is 122 Å². The van der Waals surface area contributed by atoms with E-state index in [1.54, 1.807) is 0 Å². The minimum Gasteiger partial charge on any atom is -0.462 e. The van der Waals surface area contributed by atoms with Gasteiger partial charge in [0, 0.05) is 31.1 Å². The van der Waals surface area contributed by atoms with E-state index in [1.807, 2.05) is 0 Å². The smallest absolute Gasteiger partial charge is 0.302 e. The Kier molecular flexibility index (Phi) is 5.57. The van der Waals surface area contributed by atoms with Gasteiger partial charge in [0.1, 0.15) is 6.10 Å². The summed E-state index contributed by atoms with van der Waals surface area (Å²) in [6.07, 6.45) is 7.13. The van der Waals surface area contributed by atoms with Crippen LogP contribution < -0.4 is 0 Å². The maximum Gasteiger partial charge on any atom is 0.302 e. The van der Waals surface area contributed by atoms with Crippen LogP contribution in [0.1, 0.15) is 92.4 Å². The molecule has 2 N–H and O–H groups in total. The second-order valence-electron chi connectivity index (χ2n) is 14.0. The maximum absolute atomic E-state index is 12.0. The lowest BCUT2D eigenvalue weighted by molar-refractivity contribution is -0.280. The average molecular weight is 491 g/mol. The van der Waals surface area contributed by atoms with E-state index in [0.29, 0.717) is 48.3 Å². The molecule has 0 aromatic rings. The molecule has 0 amide bonds. The molecule has 2 aliphatic heterocycles. The van der Waals surface area contributed by atoms with Gasteiger partial charge in [0.05, 0.1) is 24.4 Å². The molecule has 6 nitrogen and oxygen atoms in total. The van der Waals surface area contributed by atoms with E-state index in [2.05, 4.69) is 27.7 Å². The quantitative estimate of drug-likeness (QED) is 0.528. The van der Waals surface area contributed by atoms with E-state index >= 15 is 0 Å². The van der Waals surface area contributed by atoms with E-state index in [9.17, 15) is 15.0 Å². The number of carbonyl (C=O) groups excluding carboxylic acids is 1. The number of fused-ring (bicyclic) bond motifs is 7. The third-order valence-electron chi connectivity index (χ3n) is 12.4. The summed E-state index contributed by atoms with van der Waals surface area (Å²) in [7, 11) is 0. The molecule has 6 aliphatic rings. The first-order chi connectivity index (χ1) is 16.4. The number of aliphatic hydroxyl groups excluding tert-OH is 1. The number of ether oxygens (including phenoxy) is 3. The van der Waals surface area contributed by atoms with Gasteiger partial charge in [-0.25, -0.2) is 0 Å². The Hall–Kier alpha value is -0.690. The van der Waals surface area contributed by atoms with Crippen LogP contribution in [0.4, 0.5) is 0 Å². The van der Waals surface area contributed by atoms with Gasteiger partial charge in [-0.1, -0.05) is 27.7 Å². The molecule has 0 radical (unpaired) electrons. The van der Waals surface area contributed by atoms with Crippen LogP contribution in [0.3, 0.4) is 0 Å². The standard InChI is InChI=1S/C29H46O6/c1-16-6-11-29(33-15-16)17(2)25-23(35-29)13-22-20-12-24(31)28(32)14-19(34-18(3)30)7-10-27(28,5)21(20)8-9-26(22,25)4/h16-17,19-25,31-32H,6-15H2,1-5H3/t16-,17+,19+,20-,21+,22+,23+,24-,25+,26+,27-,28+,29-/m1/s1. The molecule has 6 rings (SSSR count). The Labute approximate surface area is 210 Å². The molecule has 0 unspecified atom stereocenters. The summed E-state index contributed by atoms with van der Waals surface area (Å²) in [5.74, 6) is 2.04. The fourth-order valence-electron chi connectivity index (χ4n) is 10.6. The zero-order valence-corrected chi connectivity index (χ0v) is 22.3. The Morgan fingerprint density at radius 2 is 1.80 bits per heavy atom. The lowest BCUT2D eigenvalue weighted by atomic mass is 9.42. The van der Waals surface area contributed by atoms with Crippen LogP contribution in [0, 0.1) is 46.3 Å². The first-order valence-electron chi connectivity index (χ1n) is 14.3. The van der Waals surface area contributed by atoms with Crippen molar-refractivity contribution in [3.8, 4) is 0 Å². The van der Waals surface area contributed by atoms with Crippen LogP contribution in [0.5, 0.6) is 0 Å². The summed E-state index contributed by atoms with van der Waals surface area (Å²) in [6, 6.07) is 0. The fourth-order valence-corrected chi connectivity index (χ4v) is 10.6. The minimum atomic E-state index is -1.20. The molecule has 0 aromatic carbocycles. The van der Waals surface area contributed by atoms with Crippen molar-refractivity contribution in [1.29, 1.82) is 0 Å². The van der Waals surface area contributed by atoms with Crippen molar-refractivity contribution in [2.75, 3.05) is 6.61 Å². The highest BCUT2D eigenvalue weighted by Gasteiger charge is 2.72. The fraction of sp³-hybridized carbons (Fsp3) is 0.966. The van der Waals surface area contributed by atoms with Crippen LogP contribution >= 0.6 is 0 Å². The van der Waals surface area contributed by atoms with Gasteiger partial charge >= 0.3 is 5.97 Å². The Morgan fingerprint density at radius 1 is 1.03 bits per heavy atom. The molecule has 0 bridgehead atoms. The van der Waals surface area contributed by atoms with E-state index in [-0.39, 0.29) is 29.0 Å². The van der Waals surface area contributed by atoms with E-state index in [1.165, 1.54) is 13.3 Å². The van der Waals surface area contributed by atoms with Gasteiger partial charge in [-0.05, 0) is 80.0 Å². The van der Waals surface area contributed by atoms with Crippen LogP contribution in [-0.4, -0.2) is 52.5 Å². The first-order valence-corrected chi connectivity index (χ1v) is 14.3. The van der Waals surface area contributed by atoms with Crippen LogP contribution in [0.15, 0.2) is 0 Å². The first kappa shape index (κ1) is 24.6. The zero-order valence-electron chi connectivity index (χ0n) is 22.3. The highest BCUT2D eigenvalue weighted by Crippen LogP contribution is 2.72. The van der Waals surface area contributed by atoms with Crippen LogP contribution in [0.25, 0.3) is 0 Å². The minimum absolute atomic E-state index is 0.182. The Bertz CT molecular complexity index is 867. The van der Waals surface area contributed by atoms with E-state index < -0.39 is 17.5 Å². The molecule has 13 atom stereocenters. The highest BCUT2D eigenvalue weighted by atomic mass is 16.7. The van der Waals surface area contributed by atoms with Crippen molar-refractivity contribution in [3.05, 3.63) is 0 Å². The molecule has 4 aliphatic carbocycles. The lowest BCUT2D eigenvalue weighted by Gasteiger charge is -2.65. The molecule has 6 heteroatoms. The summed E-state index contributed by atoms with van der Waals surface area (Å²) in [5.41, 5.74) is -1.38. The van der Waals surface area contributed by atoms with Gasteiger partial charge in [0.25, 0.3) is 0 Å². The zero-order chi connectivity index (χ0) is 25.0. The van der Waals surface area contributed by atoms with Gasteiger partial charge in [-0.2, -0.15) is 0 Å². The normalized spacial score (nSPS) is 59.3. The van der Waals surface area contributed by atoms with Gasteiger partial charge < -0.3 is 24.4 Å². The molecule has 6 fully saturated rings. The van der Waals surface area contributed by atoms with E-state index in [0.717, 1.165) is 45.1 Å². The molecule has 0 aromatic heterocycles. The molecule has 4 saturated carbocycles. The molecular weight excluding hydrogens is 444 g/mol. The number of aliphatic hydroxyl groups is 2. The summed E-state index contributed by atoms with van der Waals surface area (Å²) in [5, 5.41) is 23.4. The van der Waals surface area contributed by atoms with Crippen molar-refractivity contribution < 1.29 is 29.2 Å². The lowest BCUT2D eigenvalue weighted by Crippen LogP contribution is -2.68. The van der Waals surface area contributed by atoms with Crippen molar-refractivity contribution in [3.63, 3.8) is 0 Å². The van der Waals surface area contributed by atoms with Crippen molar-refractivity contribution >= 4 is 5.97 Å². The largest absolute Gasteiger partial charge is 0.462 e. The molecule has 35 heavy (non-hydrogen) atoms. The SMILES string of the molecule is CC(=O)O[C@H]1CC[C@]2(C)[C@H]3CC[C@]4(C)[C@@H]5[C@H](C[C@H]4[C@@H]3C[C@@H](O)[C@@]2(O)C1)O[C@]1(CC[C@@H](C)CO1)[C@H]5C. The third-order valence-corrected chi connectivity index (χ3v) is 12.4. The number of esters is 1. The van der Waals surface area contributed by atoms with Crippen molar-refractivity contribution in [1.82, 2.24) is 0 Å². The van der Waals surface area contributed by atoms with Crippen LogP contribution in [0.2, 0.25) is 0 Å². The molecular formula is C29H46O6. The highest BCUT2D eigenvalue weighted by molar-refractivity contribution is 5.66. The second-order valence-corrected chi connectivity index (χ2v) is 14.0. The molecule has 2 heterocycles.